The fraction of sp³-hybridized carbons (Fsp3) is 0.278. The van der Waals surface area contributed by atoms with E-state index in [1.807, 2.05) is 30.3 Å². The quantitative estimate of drug-likeness (QED) is 0.734. The number of hydrogen-bond acceptors (Lipinski definition) is 3. The largest absolute Gasteiger partial charge is 0.494 e. The molecule has 0 radical (unpaired) electrons. The number of nitrogens with one attached hydrogen (secondary N) is 1. The Morgan fingerprint density at radius 1 is 1.14 bits per heavy atom. The maximum absolute atomic E-state index is 11.0. The lowest BCUT2D eigenvalue weighted by atomic mass is 10.2. The van der Waals surface area contributed by atoms with Crippen molar-refractivity contribution in [1.29, 1.82) is 0 Å². The van der Waals surface area contributed by atoms with E-state index in [4.69, 9.17) is 10.5 Å². The molecule has 0 aromatic heterocycles. The molecule has 4 heteroatoms. The van der Waals surface area contributed by atoms with E-state index in [-0.39, 0.29) is 0 Å². The number of carbonyl (C=O) groups excluding carboxylic acids is 1. The summed E-state index contributed by atoms with van der Waals surface area (Å²) >= 11 is 0. The lowest BCUT2D eigenvalue weighted by Gasteiger charge is -2.08. The molecular formula is C18H22N2O2. The first-order chi connectivity index (χ1) is 10.6. The Labute approximate surface area is 131 Å². The summed E-state index contributed by atoms with van der Waals surface area (Å²) in [5.74, 6) is 0.523. The van der Waals surface area contributed by atoms with Crippen LogP contribution >= 0.6 is 0 Å². The Morgan fingerprint density at radius 3 is 2.59 bits per heavy atom. The van der Waals surface area contributed by atoms with Crippen LogP contribution in [0.1, 0.15) is 28.8 Å². The van der Waals surface area contributed by atoms with Crippen LogP contribution in [0.15, 0.2) is 48.5 Å². The van der Waals surface area contributed by atoms with E-state index < -0.39 is 5.91 Å². The molecule has 0 aliphatic rings. The Bertz CT molecular complexity index is 609. The normalized spacial score (nSPS) is 10.2. The van der Waals surface area contributed by atoms with E-state index in [1.54, 1.807) is 12.1 Å². The number of unbranched alkanes of at least 4 members (excludes halogenated alkanes) is 1. The van der Waals surface area contributed by atoms with Crippen molar-refractivity contribution in [2.75, 3.05) is 18.5 Å². The van der Waals surface area contributed by atoms with Gasteiger partial charge in [0.25, 0.3) is 0 Å². The van der Waals surface area contributed by atoms with Crippen LogP contribution in [-0.2, 0) is 0 Å². The second-order valence-corrected chi connectivity index (χ2v) is 5.24. The number of amides is 1. The molecule has 0 saturated heterocycles. The van der Waals surface area contributed by atoms with Gasteiger partial charge in [-0.05, 0) is 61.7 Å². The van der Waals surface area contributed by atoms with Crippen molar-refractivity contribution in [3.8, 4) is 5.75 Å². The van der Waals surface area contributed by atoms with Crippen LogP contribution in [0.25, 0.3) is 0 Å². The first-order valence-electron chi connectivity index (χ1n) is 7.48. The van der Waals surface area contributed by atoms with Gasteiger partial charge in [0.05, 0.1) is 6.61 Å². The third-order valence-corrected chi connectivity index (χ3v) is 3.33. The van der Waals surface area contributed by atoms with Crippen LogP contribution in [0, 0.1) is 6.92 Å². The van der Waals surface area contributed by atoms with Gasteiger partial charge in [-0.1, -0.05) is 12.1 Å². The molecule has 0 saturated carbocycles. The fourth-order valence-electron chi connectivity index (χ4n) is 2.11. The number of benzene rings is 2. The van der Waals surface area contributed by atoms with Crippen molar-refractivity contribution in [2.45, 2.75) is 19.8 Å². The number of nitrogens with two attached hydrogens (primary N) is 1. The van der Waals surface area contributed by atoms with Gasteiger partial charge in [0.15, 0.2) is 0 Å². The second-order valence-electron chi connectivity index (χ2n) is 5.24. The molecule has 116 valence electrons. The second kappa shape index (κ2) is 8.08. The number of anilines is 1. The summed E-state index contributed by atoms with van der Waals surface area (Å²) < 4.78 is 5.70. The molecule has 2 aromatic carbocycles. The van der Waals surface area contributed by atoms with E-state index in [9.17, 15) is 4.79 Å². The van der Waals surface area contributed by atoms with E-state index >= 15 is 0 Å². The van der Waals surface area contributed by atoms with Gasteiger partial charge in [-0.2, -0.15) is 0 Å². The van der Waals surface area contributed by atoms with Crippen molar-refractivity contribution in [3.63, 3.8) is 0 Å². The summed E-state index contributed by atoms with van der Waals surface area (Å²) in [6, 6.07) is 15.3. The SMILES string of the molecule is Cc1cccc(OCCCCNc2ccc(C(N)=O)cc2)c1. The molecule has 2 aromatic rings. The Balaban J connectivity index is 1.62. The zero-order valence-corrected chi connectivity index (χ0v) is 12.8. The third kappa shape index (κ3) is 5.13. The topological polar surface area (TPSA) is 64.3 Å². The molecule has 2 rings (SSSR count). The minimum Gasteiger partial charge on any atom is -0.494 e. The Kier molecular flexibility index (Phi) is 5.83. The minimum atomic E-state index is -0.403. The van der Waals surface area contributed by atoms with Crippen LogP contribution < -0.4 is 15.8 Å². The van der Waals surface area contributed by atoms with Crippen molar-refractivity contribution >= 4 is 11.6 Å². The summed E-state index contributed by atoms with van der Waals surface area (Å²) in [6.07, 6.45) is 2.00. The van der Waals surface area contributed by atoms with Gasteiger partial charge in [-0.25, -0.2) is 0 Å². The van der Waals surface area contributed by atoms with E-state index in [2.05, 4.69) is 18.3 Å². The van der Waals surface area contributed by atoms with E-state index in [1.165, 1.54) is 5.56 Å². The van der Waals surface area contributed by atoms with Gasteiger partial charge in [0.2, 0.25) is 5.91 Å². The predicted molar refractivity (Wildman–Crippen MR) is 89.4 cm³/mol. The minimum absolute atomic E-state index is 0.403. The molecule has 0 aliphatic carbocycles. The number of hydrogen-bond donors (Lipinski definition) is 2. The third-order valence-electron chi connectivity index (χ3n) is 3.33. The number of carbonyl (C=O) groups is 1. The maximum Gasteiger partial charge on any atom is 0.248 e. The number of rotatable bonds is 8. The average Bonchev–Trinajstić information content (AvgIpc) is 2.51. The lowest BCUT2D eigenvalue weighted by Crippen LogP contribution is -2.11. The maximum atomic E-state index is 11.0. The molecule has 3 N–H and O–H groups in total. The standard InChI is InChI=1S/C18H22N2O2/c1-14-5-4-6-17(13-14)22-12-3-2-11-20-16-9-7-15(8-10-16)18(19)21/h4-10,13,20H,2-3,11-12H2,1H3,(H2,19,21). The van der Waals surface area contributed by atoms with Gasteiger partial charge in [-0.15, -0.1) is 0 Å². The number of primary amides is 1. The molecule has 1 amide bonds. The first kappa shape index (κ1) is 15.9. The summed E-state index contributed by atoms with van der Waals surface area (Å²) in [5, 5.41) is 3.31. The van der Waals surface area contributed by atoms with Crippen molar-refractivity contribution < 1.29 is 9.53 Å². The molecule has 0 unspecified atom stereocenters. The highest BCUT2D eigenvalue weighted by Crippen LogP contribution is 2.13. The van der Waals surface area contributed by atoms with Crippen LogP contribution in [0.4, 0.5) is 5.69 Å². The predicted octanol–water partition coefficient (Wildman–Crippen LogP) is 3.37. The summed E-state index contributed by atoms with van der Waals surface area (Å²) in [4.78, 5) is 11.0. The molecule has 0 bridgehead atoms. The van der Waals surface area contributed by atoms with Gasteiger partial charge in [0, 0.05) is 17.8 Å². The van der Waals surface area contributed by atoms with Gasteiger partial charge in [0.1, 0.15) is 5.75 Å². The molecule has 0 fully saturated rings. The smallest absolute Gasteiger partial charge is 0.248 e. The highest BCUT2D eigenvalue weighted by atomic mass is 16.5. The molecule has 0 heterocycles. The lowest BCUT2D eigenvalue weighted by molar-refractivity contribution is 0.100. The van der Waals surface area contributed by atoms with Crippen LogP contribution in [-0.4, -0.2) is 19.1 Å². The molecule has 0 aliphatic heterocycles. The molecule has 4 nitrogen and oxygen atoms in total. The van der Waals surface area contributed by atoms with Gasteiger partial charge >= 0.3 is 0 Å². The average molecular weight is 298 g/mol. The summed E-state index contributed by atoms with van der Waals surface area (Å²) in [6.45, 7) is 3.64. The molecule has 0 spiro atoms. The van der Waals surface area contributed by atoms with E-state index in [0.717, 1.165) is 30.8 Å². The number of aryl methyl sites for hydroxylation is 1. The highest BCUT2D eigenvalue weighted by Gasteiger charge is 1.99. The van der Waals surface area contributed by atoms with Gasteiger partial charge < -0.3 is 15.8 Å². The van der Waals surface area contributed by atoms with Gasteiger partial charge in [-0.3, -0.25) is 4.79 Å². The fourth-order valence-corrected chi connectivity index (χ4v) is 2.11. The molecular weight excluding hydrogens is 276 g/mol. The summed E-state index contributed by atoms with van der Waals surface area (Å²) in [7, 11) is 0. The zero-order valence-electron chi connectivity index (χ0n) is 12.8. The first-order valence-corrected chi connectivity index (χ1v) is 7.48. The van der Waals surface area contributed by atoms with Crippen molar-refractivity contribution in [3.05, 3.63) is 59.7 Å². The zero-order chi connectivity index (χ0) is 15.8. The van der Waals surface area contributed by atoms with E-state index in [0.29, 0.717) is 12.2 Å². The van der Waals surface area contributed by atoms with Crippen LogP contribution in [0.2, 0.25) is 0 Å². The molecule has 0 atom stereocenters. The Morgan fingerprint density at radius 2 is 1.91 bits per heavy atom. The Hall–Kier alpha value is -2.49. The van der Waals surface area contributed by atoms with Crippen molar-refractivity contribution in [1.82, 2.24) is 0 Å². The van der Waals surface area contributed by atoms with Crippen LogP contribution in [0.5, 0.6) is 5.75 Å². The summed E-state index contributed by atoms with van der Waals surface area (Å²) in [5.41, 5.74) is 7.93. The number of ether oxygens (including phenoxy) is 1. The van der Waals surface area contributed by atoms with Crippen molar-refractivity contribution in [2.24, 2.45) is 5.73 Å². The monoisotopic (exact) mass is 298 g/mol. The highest BCUT2D eigenvalue weighted by molar-refractivity contribution is 5.93. The molecule has 22 heavy (non-hydrogen) atoms. The van der Waals surface area contributed by atoms with Crippen LogP contribution in [0.3, 0.4) is 0 Å².